The molecule has 1 unspecified atom stereocenters. The van der Waals surface area contributed by atoms with Crippen molar-refractivity contribution in [2.24, 2.45) is 0 Å². The maximum absolute atomic E-state index is 12.5. The predicted molar refractivity (Wildman–Crippen MR) is 144 cm³/mol. The van der Waals surface area contributed by atoms with Crippen molar-refractivity contribution in [1.82, 2.24) is 35.5 Å². The molecule has 0 saturated heterocycles. The zero-order valence-corrected chi connectivity index (χ0v) is 22.4. The molecule has 10 nitrogen and oxygen atoms in total. The molecule has 2 aromatic carbocycles. The molecule has 0 aliphatic rings. The number of unbranched alkanes of at least 4 members (excludes halogenated alkanes) is 1. The minimum atomic E-state index is -0.892. The van der Waals surface area contributed by atoms with Crippen molar-refractivity contribution in [3.8, 4) is 22.5 Å². The van der Waals surface area contributed by atoms with Gasteiger partial charge >= 0.3 is 5.97 Å². The van der Waals surface area contributed by atoms with E-state index in [1.165, 1.54) is 6.92 Å². The van der Waals surface area contributed by atoms with Crippen LogP contribution in [-0.4, -0.2) is 60.4 Å². The molecule has 0 aliphatic heterocycles. The number of aromatic amines is 1. The number of aromatic nitrogens is 6. The Hall–Kier alpha value is -3.60. The lowest BCUT2D eigenvalue weighted by atomic mass is 9.98. The van der Waals surface area contributed by atoms with E-state index in [9.17, 15) is 9.90 Å². The molecular formula is C27H32ClN7O3. The van der Waals surface area contributed by atoms with E-state index in [1.54, 1.807) is 7.05 Å². The summed E-state index contributed by atoms with van der Waals surface area (Å²) in [6.07, 6.45) is 1.84. The summed E-state index contributed by atoms with van der Waals surface area (Å²) in [7, 11) is 1.60. The highest BCUT2D eigenvalue weighted by molar-refractivity contribution is 6.30. The lowest BCUT2D eigenvalue weighted by Crippen LogP contribution is -2.43. The topological polar surface area (TPSA) is 131 Å². The summed E-state index contributed by atoms with van der Waals surface area (Å²) >= 11 is 6.52. The number of ether oxygens (including phenoxy) is 1. The summed E-state index contributed by atoms with van der Waals surface area (Å²) in [6, 6.07) is 15.3. The summed E-state index contributed by atoms with van der Waals surface area (Å²) in [5, 5.41) is 27.4. The molecule has 4 aromatic rings. The normalized spacial score (nSPS) is 12.9. The molecule has 11 heteroatoms. The van der Waals surface area contributed by atoms with Crippen molar-refractivity contribution in [3.05, 3.63) is 70.8 Å². The number of aliphatic hydroxyl groups excluding tert-OH is 1. The minimum absolute atomic E-state index is 0.0438. The Morgan fingerprint density at radius 2 is 1.92 bits per heavy atom. The first-order chi connectivity index (χ1) is 18.4. The van der Waals surface area contributed by atoms with E-state index < -0.39 is 18.1 Å². The highest BCUT2D eigenvalue weighted by atomic mass is 35.5. The van der Waals surface area contributed by atoms with E-state index in [-0.39, 0.29) is 6.61 Å². The van der Waals surface area contributed by atoms with E-state index in [0.717, 1.165) is 47.3 Å². The SMILES string of the molecule is CCCCc1nc(Cl)c(COC(=O)[C@@H](NC)C(C)O)n1Cc1ccc(-c2ccccc2-c2nn[nH]n2)cc1. The van der Waals surface area contributed by atoms with Crippen LogP contribution in [0.15, 0.2) is 48.5 Å². The highest BCUT2D eigenvalue weighted by Gasteiger charge is 2.25. The Morgan fingerprint density at radius 3 is 2.55 bits per heavy atom. The molecule has 2 heterocycles. The second-order valence-corrected chi connectivity index (χ2v) is 9.41. The number of hydrogen-bond donors (Lipinski definition) is 3. The second-order valence-electron chi connectivity index (χ2n) is 9.05. The number of benzene rings is 2. The van der Waals surface area contributed by atoms with Crippen LogP contribution < -0.4 is 5.32 Å². The van der Waals surface area contributed by atoms with Gasteiger partial charge in [-0.15, -0.1) is 10.2 Å². The van der Waals surface area contributed by atoms with Gasteiger partial charge in [0, 0.05) is 18.5 Å². The van der Waals surface area contributed by atoms with E-state index >= 15 is 0 Å². The number of carbonyl (C=O) groups is 1. The molecule has 0 aliphatic carbocycles. The summed E-state index contributed by atoms with van der Waals surface area (Å²) in [5.41, 5.74) is 4.58. The van der Waals surface area contributed by atoms with E-state index in [4.69, 9.17) is 16.3 Å². The quantitative estimate of drug-likeness (QED) is 0.233. The van der Waals surface area contributed by atoms with Crippen molar-refractivity contribution < 1.29 is 14.6 Å². The lowest BCUT2D eigenvalue weighted by molar-refractivity contribution is -0.150. The van der Waals surface area contributed by atoms with Crippen molar-refractivity contribution in [3.63, 3.8) is 0 Å². The number of nitrogens with zero attached hydrogens (tertiary/aromatic N) is 5. The van der Waals surface area contributed by atoms with Crippen LogP contribution in [0.2, 0.25) is 5.15 Å². The molecule has 0 bridgehead atoms. The number of carbonyl (C=O) groups excluding carboxylic acids is 1. The average Bonchev–Trinajstić information content (AvgIpc) is 3.55. The Morgan fingerprint density at radius 1 is 1.18 bits per heavy atom. The number of likely N-dealkylation sites (N-methyl/N-ethyl adjacent to an activating group) is 1. The standard InChI is InChI=1S/C27H32ClN7O3/c1-4-5-10-23-30-25(28)22(16-38-27(37)24(29-3)17(2)36)35(23)15-18-11-13-19(14-12-18)20-8-6-7-9-21(20)26-31-33-34-32-26/h6-9,11-14,17,24,29,36H,4-5,10,15-16H2,1-3H3,(H,31,32,33,34)/t17?,24-/m0/s1. The van der Waals surface area contributed by atoms with Gasteiger partial charge in [0.15, 0.2) is 5.15 Å². The smallest absolute Gasteiger partial charge is 0.326 e. The Kier molecular flexibility index (Phi) is 9.22. The molecule has 3 N–H and O–H groups in total. The lowest BCUT2D eigenvalue weighted by Gasteiger charge is -2.18. The number of imidazole rings is 1. The monoisotopic (exact) mass is 537 g/mol. The van der Waals surface area contributed by atoms with Gasteiger partial charge in [0.2, 0.25) is 5.82 Å². The van der Waals surface area contributed by atoms with Crippen molar-refractivity contribution >= 4 is 17.6 Å². The largest absolute Gasteiger partial charge is 0.458 e. The van der Waals surface area contributed by atoms with Gasteiger partial charge in [-0.05, 0) is 42.3 Å². The van der Waals surface area contributed by atoms with Gasteiger partial charge in [0.25, 0.3) is 0 Å². The van der Waals surface area contributed by atoms with Gasteiger partial charge in [-0.1, -0.05) is 73.5 Å². The maximum Gasteiger partial charge on any atom is 0.326 e. The first-order valence-electron chi connectivity index (χ1n) is 12.6. The number of esters is 1. The average molecular weight is 538 g/mol. The number of rotatable bonds is 12. The molecule has 200 valence electrons. The number of nitrogens with one attached hydrogen (secondary N) is 2. The Labute approximate surface area is 226 Å². The van der Waals surface area contributed by atoms with Crippen LogP contribution in [-0.2, 0) is 29.1 Å². The fourth-order valence-corrected chi connectivity index (χ4v) is 4.57. The molecular weight excluding hydrogens is 506 g/mol. The fourth-order valence-electron chi connectivity index (χ4n) is 4.32. The molecule has 0 fully saturated rings. The molecule has 0 saturated carbocycles. The second kappa shape index (κ2) is 12.8. The van der Waals surface area contributed by atoms with E-state index in [2.05, 4.69) is 62.1 Å². The predicted octanol–water partition coefficient (Wildman–Crippen LogP) is 3.79. The number of aryl methyl sites for hydroxylation is 1. The third kappa shape index (κ3) is 6.27. The summed E-state index contributed by atoms with van der Waals surface area (Å²) < 4.78 is 7.54. The van der Waals surface area contributed by atoms with E-state index in [0.29, 0.717) is 23.2 Å². The van der Waals surface area contributed by atoms with Gasteiger partial charge in [0.1, 0.15) is 18.5 Å². The number of tetrazole rings is 1. The van der Waals surface area contributed by atoms with Gasteiger partial charge in [-0.2, -0.15) is 5.21 Å². The van der Waals surface area contributed by atoms with Gasteiger partial charge in [-0.3, -0.25) is 4.79 Å². The van der Waals surface area contributed by atoms with E-state index in [1.807, 2.05) is 28.8 Å². The summed E-state index contributed by atoms with van der Waals surface area (Å²) in [4.78, 5) is 17.1. The van der Waals surface area contributed by atoms with Crippen molar-refractivity contribution in [2.45, 2.75) is 58.4 Å². The highest BCUT2D eigenvalue weighted by Crippen LogP contribution is 2.30. The first-order valence-corrected chi connectivity index (χ1v) is 13.0. The number of halogens is 1. The van der Waals surface area contributed by atoms with Gasteiger partial charge in [0.05, 0.1) is 11.8 Å². The summed E-state index contributed by atoms with van der Waals surface area (Å²) in [5.74, 6) is 0.828. The van der Waals surface area contributed by atoms with Crippen LogP contribution >= 0.6 is 11.6 Å². The zero-order chi connectivity index (χ0) is 27.1. The third-order valence-electron chi connectivity index (χ3n) is 6.37. The number of H-pyrrole nitrogens is 1. The molecule has 38 heavy (non-hydrogen) atoms. The van der Waals surface area contributed by atoms with Crippen LogP contribution in [0.3, 0.4) is 0 Å². The molecule has 2 aromatic heterocycles. The van der Waals surface area contributed by atoms with Crippen LogP contribution in [0.4, 0.5) is 0 Å². The molecule has 0 radical (unpaired) electrons. The molecule has 4 rings (SSSR count). The van der Waals surface area contributed by atoms with Crippen LogP contribution in [0.1, 0.15) is 43.8 Å². The van der Waals surface area contributed by atoms with Gasteiger partial charge < -0.3 is 19.7 Å². The number of hydrogen-bond acceptors (Lipinski definition) is 8. The van der Waals surface area contributed by atoms with Crippen molar-refractivity contribution in [1.29, 1.82) is 0 Å². The molecule has 0 spiro atoms. The third-order valence-corrected chi connectivity index (χ3v) is 6.68. The Balaban J connectivity index is 1.58. The maximum atomic E-state index is 12.5. The first kappa shape index (κ1) is 27.4. The van der Waals surface area contributed by atoms with Crippen LogP contribution in [0.25, 0.3) is 22.5 Å². The minimum Gasteiger partial charge on any atom is -0.458 e. The fraction of sp³-hybridized carbons (Fsp3) is 0.370. The van der Waals surface area contributed by atoms with Crippen molar-refractivity contribution in [2.75, 3.05) is 7.05 Å². The molecule has 0 amide bonds. The Bertz CT molecular complexity index is 1340. The number of aliphatic hydroxyl groups is 1. The zero-order valence-electron chi connectivity index (χ0n) is 21.7. The van der Waals surface area contributed by atoms with Gasteiger partial charge in [-0.25, -0.2) is 4.98 Å². The van der Waals surface area contributed by atoms with Crippen LogP contribution in [0, 0.1) is 0 Å². The molecule has 2 atom stereocenters. The summed E-state index contributed by atoms with van der Waals surface area (Å²) in [6.45, 7) is 4.13. The van der Waals surface area contributed by atoms with Crippen LogP contribution in [0.5, 0.6) is 0 Å².